The standard InChI is InChI=1S/C19H19F2NO4/c1-3-13-8-10-14(11-9-13)22-17(23)12(2)25-18(24)15-6-4-5-7-16(15)26-19(20)21/h4-12,19H,3H2,1-2H3,(H,22,23)/t12-/m1/s1. The summed E-state index contributed by atoms with van der Waals surface area (Å²) in [5.74, 6) is -1.77. The van der Waals surface area contributed by atoms with Crippen LogP contribution in [0.3, 0.4) is 0 Å². The molecule has 138 valence electrons. The SMILES string of the molecule is CCc1ccc(NC(=O)[C@@H](C)OC(=O)c2ccccc2OC(F)F)cc1. The van der Waals surface area contributed by atoms with Gasteiger partial charge in [0.05, 0.1) is 0 Å². The number of para-hydroxylation sites is 1. The predicted octanol–water partition coefficient (Wildman–Crippen LogP) is 4.03. The number of amides is 1. The molecule has 0 aliphatic rings. The van der Waals surface area contributed by atoms with Gasteiger partial charge in [-0.2, -0.15) is 8.78 Å². The highest BCUT2D eigenvalue weighted by Gasteiger charge is 2.22. The quantitative estimate of drug-likeness (QED) is 0.754. The summed E-state index contributed by atoms with van der Waals surface area (Å²) in [4.78, 5) is 24.3. The molecule has 7 heteroatoms. The van der Waals surface area contributed by atoms with E-state index in [1.54, 1.807) is 12.1 Å². The van der Waals surface area contributed by atoms with Crippen molar-refractivity contribution in [1.29, 1.82) is 0 Å². The molecule has 0 aliphatic carbocycles. The Morgan fingerprint density at radius 3 is 2.35 bits per heavy atom. The normalized spacial score (nSPS) is 11.7. The summed E-state index contributed by atoms with van der Waals surface area (Å²) in [5, 5.41) is 2.63. The molecule has 2 rings (SSSR count). The van der Waals surface area contributed by atoms with Gasteiger partial charge >= 0.3 is 12.6 Å². The third-order valence-corrected chi connectivity index (χ3v) is 3.61. The van der Waals surface area contributed by atoms with Crippen molar-refractivity contribution in [2.45, 2.75) is 33.0 Å². The van der Waals surface area contributed by atoms with E-state index in [1.807, 2.05) is 19.1 Å². The number of benzene rings is 2. The van der Waals surface area contributed by atoms with Gasteiger partial charge in [-0.15, -0.1) is 0 Å². The first kappa shape index (κ1) is 19.4. The van der Waals surface area contributed by atoms with E-state index >= 15 is 0 Å². The number of carbonyl (C=O) groups is 2. The minimum Gasteiger partial charge on any atom is -0.449 e. The first-order valence-corrected chi connectivity index (χ1v) is 8.05. The average Bonchev–Trinajstić information content (AvgIpc) is 2.62. The monoisotopic (exact) mass is 363 g/mol. The lowest BCUT2D eigenvalue weighted by Crippen LogP contribution is -2.30. The first-order valence-electron chi connectivity index (χ1n) is 8.05. The Kier molecular flexibility index (Phi) is 6.66. The summed E-state index contributed by atoms with van der Waals surface area (Å²) in [7, 11) is 0. The molecule has 0 unspecified atom stereocenters. The van der Waals surface area contributed by atoms with Crippen molar-refractivity contribution in [2.75, 3.05) is 5.32 Å². The Hall–Kier alpha value is -2.96. The number of hydrogen-bond donors (Lipinski definition) is 1. The topological polar surface area (TPSA) is 64.6 Å². The van der Waals surface area contributed by atoms with Gasteiger partial charge in [-0.25, -0.2) is 4.79 Å². The number of ether oxygens (including phenoxy) is 2. The molecule has 0 saturated carbocycles. The molecule has 0 radical (unpaired) electrons. The molecule has 26 heavy (non-hydrogen) atoms. The van der Waals surface area contributed by atoms with Gasteiger partial charge in [-0.05, 0) is 43.2 Å². The molecule has 1 N–H and O–H groups in total. The minimum absolute atomic E-state index is 0.181. The maximum atomic E-state index is 12.4. The fourth-order valence-electron chi connectivity index (χ4n) is 2.18. The molecule has 5 nitrogen and oxygen atoms in total. The van der Waals surface area contributed by atoms with Crippen molar-refractivity contribution in [3.8, 4) is 5.75 Å². The summed E-state index contributed by atoms with van der Waals surface area (Å²) in [6, 6.07) is 12.7. The van der Waals surface area contributed by atoms with E-state index in [0.29, 0.717) is 5.69 Å². The van der Waals surface area contributed by atoms with Crippen molar-refractivity contribution < 1.29 is 27.8 Å². The van der Waals surface area contributed by atoms with Crippen LogP contribution in [0.15, 0.2) is 48.5 Å². The highest BCUT2D eigenvalue weighted by molar-refractivity contribution is 5.98. The van der Waals surface area contributed by atoms with Gasteiger partial charge in [-0.3, -0.25) is 4.79 Å². The van der Waals surface area contributed by atoms with Crippen LogP contribution in [0.1, 0.15) is 29.8 Å². The Bertz CT molecular complexity index is 762. The zero-order valence-corrected chi connectivity index (χ0v) is 14.4. The van der Waals surface area contributed by atoms with E-state index in [0.717, 1.165) is 12.0 Å². The van der Waals surface area contributed by atoms with Gasteiger partial charge in [0.2, 0.25) is 0 Å². The predicted molar refractivity (Wildman–Crippen MR) is 92.4 cm³/mol. The lowest BCUT2D eigenvalue weighted by atomic mass is 10.1. The van der Waals surface area contributed by atoms with E-state index in [1.165, 1.54) is 31.2 Å². The van der Waals surface area contributed by atoms with Crippen molar-refractivity contribution in [2.24, 2.45) is 0 Å². The van der Waals surface area contributed by atoms with E-state index in [4.69, 9.17) is 4.74 Å². The summed E-state index contributed by atoms with van der Waals surface area (Å²) >= 11 is 0. The van der Waals surface area contributed by atoms with Crippen LogP contribution in [0.5, 0.6) is 5.75 Å². The second-order valence-corrected chi connectivity index (χ2v) is 5.46. The summed E-state index contributed by atoms with van der Waals surface area (Å²) in [6.45, 7) is 0.338. The van der Waals surface area contributed by atoms with Gasteiger partial charge in [0, 0.05) is 5.69 Å². The maximum absolute atomic E-state index is 12.4. The summed E-state index contributed by atoms with van der Waals surface area (Å²) in [5.41, 5.74) is 1.51. The highest BCUT2D eigenvalue weighted by atomic mass is 19.3. The van der Waals surface area contributed by atoms with Gasteiger partial charge in [0.1, 0.15) is 11.3 Å². The van der Waals surface area contributed by atoms with Crippen molar-refractivity contribution in [3.05, 3.63) is 59.7 Å². The number of nitrogens with one attached hydrogen (secondary N) is 1. The second kappa shape index (κ2) is 8.94. The van der Waals surface area contributed by atoms with Crippen LogP contribution < -0.4 is 10.1 Å². The maximum Gasteiger partial charge on any atom is 0.387 e. The molecule has 0 bridgehead atoms. The number of carbonyl (C=O) groups excluding carboxylic acids is 2. The van der Waals surface area contributed by atoms with Crippen molar-refractivity contribution >= 4 is 17.6 Å². The molecule has 2 aromatic carbocycles. The van der Waals surface area contributed by atoms with Gasteiger partial charge in [0.15, 0.2) is 6.10 Å². The van der Waals surface area contributed by atoms with E-state index in [9.17, 15) is 18.4 Å². The van der Waals surface area contributed by atoms with Gasteiger partial charge in [0.25, 0.3) is 5.91 Å². The fourth-order valence-corrected chi connectivity index (χ4v) is 2.18. The van der Waals surface area contributed by atoms with Crippen LogP contribution >= 0.6 is 0 Å². The zero-order valence-electron chi connectivity index (χ0n) is 14.4. The Morgan fingerprint density at radius 2 is 1.73 bits per heavy atom. The lowest BCUT2D eigenvalue weighted by Gasteiger charge is -2.15. The number of halogens is 2. The molecule has 0 saturated heterocycles. The fraction of sp³-hybridized carbons (Fsp3) is 0.263. The number of rotatable bonds is 7. The largest absolute Gasteiger partial charge is 0.449 e. The van der Waals surface area contributed by atoms with E-state index in [2.05, 4.69) is 10.1 Å². The number of aryl methyl sites for hydroxylation is 1. The van der Waals surface area contributed by atoms with E-state index in [-0.39, 0.29) is 11.3 Å². The lowest BCUT2D eigenvalue weighted by molar-refractivity contribution is -0.123. The second-order valence-electron chi connectivity index (χ2n) is 5.46. The minimum atomic E-state index is -3.07. The molecular weight excluding hydrogens is 344 g/mol. The molecule has 1 atom stereocenters. The van der Waals surface area contributed by atoms with Gasteiger partial charge in [-0.1, -0.05) is 31.2 Å². The molecule has 0 aliphatic heterocycles. The highest BCUT2D eigenvalue weighted by Crippen LogP contribution is 2.21. The van der Waals surface area contributed by atoms with Crippen molar-refractivity contribution in [3.63, 3.8) is 0 Å². The van der Waals surface area contributed by atoms with Crippen LogP contribution in [0.2, 0.25) is 0 Å². The number of hydrogen-bond acceptors (Lipinski definition) is 4. The molecule has 0 heterocycles. The first-order chi connectivity index (χ1) is 12.4. The smallest absolute Gasteiger partial charge is 0.387 e. The van der Waals surface area contributed by atoms with Crippen molar-refractivity contribution in [1.82, 2.24) is 0 Å². The Balaban J connectivity index is 2.00. The summed E-state index contributed by atoms with van der Waals surface area (Å²) in [6.07, 6.45) is -0.240. The average molecular weight is 363 g/mol. The van der Waals surface area contributed by atoms with Gasteiger partial charge < -0.3 is 14.8 Å². The molecule has 0 aromatic heterocycles. The van der Waals surface area contributed by atoms with Crippen LogP contribution in [0, 0.1) is 0 Å². The number of anilines is 1. The summed E-state index contributed by atoms with van der Waals surface area (Å²) < 4.78 is 34.2. The van der Waals surface area contributed by atoms with Crippen LogP contribution in [-0.4, -0.2) is 24.6 Å². The Labute approximate surface area is 149 Å². The third-order valence-electron chi connectivity index (χ3n) is 3.61. The molecule has 0 spiro atoms. The number of alkyl halides is 2. The molecule has 1 amide bonds. The van der Waals surface area contributed by atoms with Crippen LogP contribution in [0.25, 0.3) is 0 Å². The number of esters is 1. The zero-order chi connectivity index (χ0) is 19.1. The third kappa shape index (κ3) is 5.27. The van der Waals surface area contributed by atoms with Crippen LogP contribution in [0.4, 0.5) is 14.5 Å². The van der Waals surface area contributed by atoms with E-state index < -0.39 is 24.6 Å². The van der Waals surface area contributed by atoms with Crippen LogP contribution in [-0.2, 0) is 16.0 Å². The Morgan fingerprint density at radius 1 is 1.08 bits per heavy atom. The molecular formula is C19H19F2NO4. The molecule has 0 fully saturated rings. The molecule has 2 aromatic rings.